The van der Waals surface area contributed by atoms with E-state index >= 15 is 0 Å². The first-order valence-electron chi connectivity index (χ1n) is 12.4. The van der Waals surface area contributed by atoms with Crippen molar-refractivity contribution in [1.29, 1.82) is 0 Å². The minimum absolute atomic E-state index is 0.210. The molecule has 0 spiro atoms. The van der Waals surface area contributed by atoms with Crippen LogP contribution in [0.4, 0.5) is 0 Å². The SMILES string of the molecule is CCCCCCCCCO[C@H]([C@H](O)CO)[C@@](O)(CCCCCCCCC)[C@H](O)CO. The van der Waals surface area contributed by atoms with E-state index in [4.69, 9.17) is 4.74 Å². The molecule has 0 saturated heterocycles. The second-order valence-corrected chi connectivity index (χ2v) is 8.72. The molecule has 6 nitrogen and oxygen atoms in total. The van der Waals surface area contributed by atoms with Crippen molar-refractivity contribution < 1.29 is 30.3 Å². The fourth-order valence-corrected chi connectivity index (χ4v) is 3.98. The second kappa shape index (κ2) is 19.4. The summed E-state index contributed by atoms with van der Waals surface area (Å²) in [7, 11) is 0. The Hall–Kier alpha value is -0.240. The summed E-state index contributed by atoms with van der Waals surface area (Å²) in [5.74, 6) is 0. The summed E-state index contributed by atoms with van der Waals surface area (Å²) in [6, 6.07) is 0. The first-order chi connectivity index (χ1) is 14.5. The van der Waals surface area contributed by atoms with Gasteiger partial charge in [-0.25, -0.2) is 0 Å². The number of hydrogen-bond donors (Lipinski definition) is 5. The number of aliphatic hydroxyl groups excluding tert-OH is 4. The van der Waals surface area contributed by atoms with Crippen molar-refractivity contribution in [2.24, 2.45) is 0 Å². The maximum absolute atomic E-state index is 11.2. The van der Waals surface area contributed by atoms with Crippen molar-refractivity contribution in [3.05, 3.63) is 0 Å². The van der Waals surface area contributed by atoms with Gasteiger partial charge in [-0.1, -0.05) is 97.3 Å². The van der Waals surface area contributed by atoms with Gasteiger partial charge in [-0.2, -0.15) is 0 Å². The van der Waals surface area contributed by atoms with Crippen molar-refractivity contribution in [3.63, 3.8) is 0 Å². The van der Waals surface area contributed by atoms with Gasteiger partial charge in [-0.3, -0.25) is 0 Å². The number of ether oxygens (including phenoxy) is 1. The number of rotatable bonds is 22. The molecule has 0 saturated carbocycles. The van der Waals surface area contributed by atoms with E-state index in [0.717, 1.165) is 38.5 Å². The first-order valence-corrected chi connectivity index (χ1v) is 12.4. The monoisotopic (exact) mass is 434 g/mol. The molecule has 0 radical (unpaired) electrons. The minimum atomic E-state index is -1.79. The van der Waals surface area contributed by atoms with Crippen molar-refractivity contribution >= 4 is 0 Å². The van der Waals surface area contributed by atoms with Crippen LogP contribution in [0.25, 0.3) is 0 Å². The number of aliphatic hydroxyl groups is 5. The Morgan fingerprint density at radius 2 is 1.13 bits per heavy atom. The van der Waals surface area contributed by atoms with Crippen molar-refractivity contribution in [3.8, 4) is 0 Å². The van der Waals surface area contributed by atoms with Crippen LogP contribution >= 0.6 is 0 Å². The maximum Gasteiger partial charge on any atom is 0.121 e. The minimum Gasteiger partial charge on any atom is -0.394 e. The van der Waals surface area contributed by atoms with E-state index in [2.05, 4.69) is 13.8 Å². The summed E-state index contributed by atoms with van der Waals surface area (Å²) in [6.45, 7) is 3.51. The molecule has 0 aliphatic heterocycles. The Morgan fingerprint density at radius 1 is 0.667 bits per heavy atom. The van der Waals surface area contributed by atoms with Crippen LogP contribution in [0.1, 0.15) is 110 Å². The molecule has 0 aliphatic carbocycles. The lowest BCUT2D eigenvalue weighted by Gasteiger charge is -2.41. The molecule has 30 heavy (non-hydrogen) atoms. The summed E-state index contributed by atoms with van der Waals surface area (Å²) in [5, 5.41) is 50.7. The smallest absolute Gasteiger partial charge is 0.121 e. The fourth-order valence-electron chi connectivity index (χ4n) is 3.98. The molecule has 0 aliphatic rings. The molecule has 0 aromatic rings. The van der Waals surface area contributed by atoms with Crippen LogP contribution in [-0.2, 0) is 4.74 Å². The van der Waals surface area contributed by atoms with Gasteiger partial charge in [0.05, 0.1) is 13.2 Å². The summed E-state index contributed by atoms with van der Waals surface area (Å²) < 4.78 is 5.79. The number of hydrogen-bond acceptors (Lipinski definition) is 6. The average Bonchev–Trinajstić information content (AvgIpc) is 2.76. The van der Waals surface area contributed by atoms with E-state index in [1.807, 2.05) is 0 Å². The third-order valence-electron chi connectivity index (χ3n) is 6.01. The van der Waals surface area contributed by atoms with Gasteiger partial charge < -0.3 is 30.3 Å². The maximum atomic E-state index is 11.2. The molecular formula is C24H50O6. The predicted octanol–water partition coefficient (Wildman–Crippen LogP) is 3.70. The molecule has 5 N–H and O–H groups in total. The molecule has 0 rings (SSSR count). The van der Waals surface area contributed by atoms with E-state index in [1.165, 1.54) is 44.9 Å². The quantitative estimate of drug-likeness (QED) is 0.166. The zero-order chi connectivity index (χ0) is 22.7. The van der Waals surface area contributed by atoms with Gasteiger partial charge in [0, 0.05) is 6.61 Å². The molecule has 4 atom stereocenters. The molecule has 182 valence electrons. The highest BCUT2D eigenvalue weighted by Crippen LogP contribution is 2.29. The van der Waals surface area contributed by atoms with Crippen molar-refractivity contribution in [2.45, 2.75) is 134 Å². The van der Waals surface area contributed by atoms with Gasteiger partial charge >= 0.3 is 0 Å². The summed E-state index contributed by atoms with van der Waals surface area (Å²) in [5.41, 5.74) is -1.79. The lowest BCUT2D eigenvalue weighted by Crippen LogP contribution is -2.59. The van der Waals surface area contributed by atoms with Gasteiger partial charge in [0.2, 0.25) is 0 Å². The molecule has 0 aromatic heterocycles. The highest BCUT2D eigenvalue weighted by molar-refractivity contribution is 4.97. The van der Waals surface area contributed by atoms with Crippen LogP contribution in [0.2, 0.25) is 0 Å². The lowest BCUT2D eigenvalue weighted by atomic mass is 9.82. The second-order valence-electron chi connectivity index (χ2n) is 8.72. The molecule has 6 heteroatoms. The Bertz CT molecular complexity index is 368. The van der Waals surface area contributed by atoms with Crippen LogP contribution in [-0.4, -0.2) is 69.3 Å². The zero-order valence-corrected chi connectivity index (χ0v) is 19.6. The topological polar surface area (TPSA) is 110 Å². The van der Waals surface area contributed by atoms with E-state index in [1.54, 1.807) is 0 Å². The molecule has 0 fully saturated rings. The van der Waals surface area contributed by atoms with E-state index in [-0.39, 0.29) is 6.42 Å². The van der Waals surface area contributed by atoms with Gasteiger partial charge in [-0.15, -0.1) is 0 Å². The Balaban J connectivity index is 4.63. The lowest BCUT2D eigenvalue weighted by molar-refractivity contribution is -0.211. The average molecular weight is 435 g/mol. The largest absolute Gasteiger partial charge is 0.394 e. The van der Waals surface area contributed by atoms with Crippen LogP contribution in [0.5, 0.6) is 0 Å². The molecule has 0 aromatic carbocycles. The fraction of sp³-hybridized carbons (Fsp3) is 1.00. The third kappa shape index (κ3) is 12.6. The van der Waals surface area contributed by atoms with Crippen LogP contribution in [0.3, 0.4) is 0 Å². The van der Waals surface area contributed by atoms with Gasteiger partial charge in [-0.05, 0) is 12.8 Å². The standard InChI is InChI=1S/C24H50O6/c1-3-5-7-9-11-13-15-17-24(29,22(28)20-26)23(21(27)19-25)30-18-16-14-12-10-8-6-4-2/h21-23,25-29H,3-20H2,1-2H3/t21-,22-,23-,24-/m1/s1. The number of unbranched alkanes of at least 4 members (excludes halogenated alkanes) is 12. The van der Waals surface area contributed by atoms with Gasteiger partial charge in [0.1, 0.15) is 23.9 Å². The summed E-state index contributed by atoms with van der Waals surface area (Å²) in [6.07, 6.45) is 11.5. The summed E-state index contributed by atoms with van der Waals surface area (Å²) in [4.78, 5) is 0. The normalized spacial score (nSPS) is 16.9. The highest BCUT2D eigenvalue weighted by Gasteiger charge is 2.46. The Morgan fingerprint density at radius 3 is 1.60 bits per heavy atom. The van der Waals surface area contributed by atoms with Crippen molar-refractivity contribution in [1.82, 2.24) is 0 Å². The predicted molar refractivity (Wildman–Crippen MR) is 121 cm³/mol. The van der Waals surface area contributed by atoms with Gasteiger partial charge in [0.25, 0.3) is 0 Å². The van der Waals surface area contributed by atoms with Crippen LogP contribution in [0, 0.1) is 0 Å². The van der Waals surface area contributed by atoms with Crippen LogP contribution in [0.15, 0.2) is 0 Å². The van der Waals surface area contributed by atoms with E-state index in [0.29, 0.717) is 13.0 Å². The molecule has 0 unspecified atom stereocenters. The van der Waals surface area contributed by atoms with E-state index < -0.39 is 37.1 Å². The molecule has 0 bridgehead atoms. The molecular weight excluding hydrogens is 384 g/mol. The Labute approximate surface area is 184 Å². The summed E-state index contributed by atoms with van der Waals surface area (Å²) >= 11 is 0. The molecule has 0 heterocycles. The molecule has 0 amide bonds. The zero-order valence-electron chi connectivity index (χ0n) is 19.6. The van der Waals surface area contributed by atoms with Gasteiger partial charge in [0.15, 0.2) is 0 Å². The Kier molecular flexibility index (Phi) is 19.3. The van der Waals surface area contributed by atoms with Crippen LogP contribution < -0.4 is 0 Å². The van der Waals surface area contributed by atoms with Crippen molar-refractivity contribution in [2.75, 3.05) is 19.8 Å². The highest BCUT2D eigenvalue weighted by atomic mass is 16.5. The third-order valence-corrected chi connectivity index (χ3v) is 6.01. The first kappa shape index (κ1) is 29.8. The van der Waals surface area contributed by atoms with E-state index in [9.17, 15) is 25.5 Å².